The SMILES string of the molecule is CC[C@H](C)[C@H](NC(=O)CNC(=O)[C@@H](NC(=O)[C@H](CC(=O)O)NC(=O)[C@@H](N)C(C)C)C(C)C)C(=O)N[C@@H](CCC(N)=O)C(=O)N[C@H](C(=O)N[C@@H](CC(=O)O)C(=O)N[C@@H](Cc1c[nH]c2ccccc12)C(=O)N[C@@H](CC(=O)O)C(=O)O)C(C)C. The van der Waals surface area contributed by atoms with Gasteiger partial charge in [-0.1, -0.05) is 80.0 Å². The van der Waals surface area contributed by atoms with Crippen molar-refractivity contribution >= 4 is 93.9 Å². The summed E-state index contributed by atoms with van der Waals surface area (Å²) in [6.07, 6.45) is -2.57. The number of hydrogen-bond donors (Lipinski definition) is 16. The van der Waals surface area contributed by atoms with Gasteiger partial charge in [-0.3, -0.25) is 62.3 Å². The van der Waals surface area contributed by atoms with E-state index >= 15 is 0 Å². The predicted molar refractivity (Wildman–Crippen MR) is 285 cm³/mol. The number of aromatic nitrogens is 1. The largest absolute Gasteiger partial charge is 0.481 e. The second-order valence-electron chi connectivity index (χ2n) is 20.4. The van der Waals surface area contributed by atoms with Crippen molar-refractivity contribution < 1.29 is 87.5 Å². The average Bonchev–Trinajstić information content (AvgIpc) is 3.80. The highest BCUT2D eigenvalue weighted by Crippen LogP contribution is 2.20. The van der Waals surface area contributed by atoms with Gasteiger partial charge in [0.05, 0.1) is 31.8 Å². The summed E-state index contributed by atoms with van der Waals surface area (Å²) in [4.78, 5) is 184. The van der Waals surface area contributed by atoms with Gasteiger partial charge < -0.3 is 84.7 Å². The van der Waals surface area contributed by atoms with Crippen molar-refractivity contribution in [1.29, 1.82) is 0 Å². The van der Waals surface area contributed by atoms with Crippen molar-refractivity contribution in [2.45, 2.75) is 155 Å². The first-order chi connectivity index (χ1) is 37.8. The van der Waals surface area contributed by atoms with Gasteiger partial charge in [0.1, 0.15) is 48.3 Å². The molecular weight excluding hydrogens is 1070 g/mol. The zero-order chi connectivity index (χ0) is 61.6. The molecule has 30 heteroatoms. The lowest BCUT2D eigenvalue weighted by Gasteiger charge is -2.29. The van der Waals surface area contributed by atoms with Gasteiger partial charge in [0.2, 0.25) is 59.1 Å². The number of carboxylic acid groups (broad SMARTS) is 4. The molecule has 18 N–H and O–H groups in total. The van der Waals surface area contributed by atoms with Gasteiger partial charge in [-0.2, -0.15) is 0 Å². The Morgan fingerprint density at radius 3 is 1.47 bits per heavy atom. The van der Waals surface area contributed by atoms with Gasteiger partial charge in [0.25, 0.3) is 0 Å². The number of nitrogens with two attached hydrogens (primary N) is 2. The maximum atomic E-state index is 14.1. The molecule has 0 aliphatic carbocycles. The topological polar surface area (TPSA) is 496 Å². The molecule has 0 fully saturated rings. The number of para-hydroxylation sites is 1. The first kappa shape index (κ1) is 68.4. The Morgan fingerprint density at radius 2 is 0.963 bits per heavy atom. The number of H-pyrrole nitrogens is 1. The number of amides is 10. The second-order valence-corrected chi connectivity index (χ2v) is 20.4. The standard InChI is InChI=1S/C51H76N12O18/c1-9-25(8)42(61-35(65)21-55-48(77)40(23(4)5)62-46(75)32(18-37(68)69)58-47(76)39(53)22(2)3)50(79)56-29(14-15-34(52)64)43(72)63-41(24(6)7)49(78)59-31(17-36(66)67)45(74)57-30(44(73)60-33(51(80)81)19-38(70)71)16-26-20-54-28-13-11-10-12-27(26)28/h10-13,20,22-25,29-33,39-42,54H,9,14-19,21,53H2,1-8H3,(H2,52,64)(H,55,77)(H,56,79)(H,57,74)(H,58,76)(H,59,78)(H,60,73)(H,61,65)(H,62,75)(H,63,72)(H,66,67)(H,68,69)(H,70,71)(H,80,81)/t25-,29-,30-,31-,32-,33-,39-,40-,41-,42-/m0/s1. The fourth-order valence-electron chi connectivity index (χ4n) is 7.85. The number of aromatic amines is 1. The van der Waals surface area contributed by atoms with E-state index in [0.717, 1.165) is 0 Å². The summed E-state index contributed by atoms with van der Waals surface area (Å²) in [5.74, 6) is -19.1. The van der Waals surface area contributed by atoms with Crippen LogP contribution in [-0.4, -0.2) is 169 Å². The minimum atomic E-state index is -1.98. The summed E-state index contributed by atoms with van der Waals surface area (Å²) in [5.41, 5.74) is 12.3. The van der Waals surface area contributed by atoms with E-state index in [-0.39, 0.29) is 18.8 Å². The molecule has 0 aliphatic rings. The van der Waals surface area contributed by atoms with Crippen LogP contribution in [0.4, 0.5) is 0 Å². The van der Waals surface area contributed by atoms with E-state index in [0.29, 0.717) is 16.5 Å². The highest BCUT2D eigenvalue weighted by molar-refractivity contribution is 6.00. The van der Waals surface area contributed by atoms with Crippen molar-refractivity contribution in [3.8, 4) is 0 Å². The summed E-state index contributed by atoms with van der Waals surface area (Å²) in [5, 5.41) is 59.7. The maximum absolute atomic E-state index is 14.1. The Hall–Kier alpha value is -8.70. The molecule has 0 saturated heterocycles. The highest BCUT2D eigenvalue weighted by Gasteiger charge is 2.37. The van der Waals surface area contributed by atoms with Gasteiger partial charge in [0.15, 0.2) is 0 Å². The second kappa shape index (κ2) is 32.4. The summed E-state index contributed by atoms with van der Waals surface area (Å²) in [7, 11) is 0. The van der Waals surface area contributed by atoms with E-state index in [1.807, 2.05) is 0 Å². The van der Waals surface area contributed by atoms with Crippen LogP contribution in [0.1, 0.15) is 99.5 Å². The van der Waals surface area contributed by atoms with E-state index in [4.69, 9.17) is 11.5 Å². The third-order valence-electron chi connectivity index (χ3n) is 12.8. The van der Waals surface area contributed by atoms with E-state index in [1.54, 1.807) is 52.0 Å². The van der Waals surface area contributed by atoms with Gasteiger partial charge in [-0.25, -0.2) is 4.79 Å². The van der Waals surface area contributed by atoms with Crippen LogP contribution >= 0.6 is 0 Å². The molecule has 0 saturated carbocycles. The fourth-order valence-corrected chi connectivity index (χ4v) is 7.85. The number of fused-ring (bicyclic) bond motifs is 1. The zero-order valence-electron chi connectivity index (χ0n) is 46.2. The number of benzene rings is 1. The third-order valence-corrected chi connectivity index (χ3v) is 12.8. The molecule has 10 atom stereocenters. The van der Waals surface area contributed by atoms with Crippen LogP contribution < -0.4 is 59.3 Å². The minimum Gasteiger partial charge on any atom is -0.481 e. The Balaban J connectivity index is 2.35. The van der Waals surface area contributed by atoms with Gasteiger partial charge in [-0.15, -0.1) is 0 Å². The highest BCUT2D eigenvalue weighted by atomic mass is 16.4. The molecule has 81 heavy (non-hydrogen) atoms. The Kier molecular flexibility index (Phi) is 27.4. The van der Waals surface area contributed by atoms with Crippen LogP contribution in [0.3, 0.4) is 0 Å². The molecule has 0 radical (unpaired) electrons. The molecule has 0 aliphatic heterocycles. The molecule has 30 nitrogen and oxygen atoms in total. The van der Waals surface area contributed by atoms with E-state index in [2.05, 4.69) is 52.8 Å². The van der Waals surface area contributed by atoms with E-state index in [9.17, 15) is 87.5 Å². The lowest BCUT2D eigenvalue weighted by molar-refractivity contribution is -0.147. The third kappa shape index (κ3) is 22.5. The van der Waals surface area contributed by atoms with Crippen LogP contribution in [0.25, 0.3) is 10.9 Å². The summed E-state index contributed by atoms with van der Waals surface area (Å²) in [6.45, 7) is 11.7. The van der Waals surface area contributed by atoms with Crippen LogP contribution in [0, 0.1) is 23.7 Å². The lowest BCUT2D eigenvalue weighted by atomic mass is 9.97. The number of nitrogens with one attached hydrogen (secondary N) is 10. The molecule has 10 amide bonds. The number of primary amides is 1. The molecular formula is C51H76N12O18. The van der Waals surface area contributed by atoms with E-state index in [1.165, 1.54) is 33.9 Å². The summed E-state index contributed by atoms with van der Waals surface area (Å²) >= 11 is 0. The predicted octanol–water partition coefficient (Wildman–Crippen LogP) is -3.18. The Labute approximate surface area is 465 Å². The molecule has 1 heterocycles. The monoisotopic (exact) mass is 1140 g/mol. The minimum absolute atomic E-state index is 0.253. The molecule has 2 aromatic rings. The van der Waals surface area contributed by atoms with E-state index < -0.39 is 194 Å². The Bertz CT molecular complexity index is 2640. The van der Waals surface area contributed by atoms with Gasteiger partial charge >= 0.3 is 23.9 Å². The summed E-state index contributed by atoms with van der Waals surface area (Å²) < 4.78 is 0. The summed E-state index contributed by atoms with van der Waals surface area (Å²) in [6, 6.07) is -7.63. The number of carbonyl (C=O) groups excluding carboxylic acids is 10. The average molecular weight is 1150 g/mol. The number of rotatable bonds is 35. The van der Waals surface area contributed by atoms with Gasteiger partial charge in [-0.05, 0) is 41.7 Å². The lowest BCUT2D eigenvalue weighted by Crippen LogP contribution is -2.61. The number of aliphatic carboxylic acids is 4. The quantitative estimate of drug-likeness (QED) is 0.0324. The molecule has 448 valence electrons. The van der Waals surface area contributed by atoms with Crippen LogP contribution in [0.2, 0.25) is 0 Å². The number of carboxylic acids is 4. The van der Waals surface area contributed by atoms with Crippen molar-refractivity contribution in [3.63, 3.8) is 0 Å². The van der Waals surface area contributed by atoms with Crippen LogP contribution in [0.15, 0.2) is 30.5 Å². The zero-order valence-corrected chi connectivity index (χ0v) is 46.2. The molecule has 1 aromatic carbocycles. The normalized spacial score (nSPS) is 14.9. The molecule has 2 rings (SSSR count). The van der Waals surface area contributed by atoms with Crippen LogP contribution in [-0.2, 0) is 73.5 Å². The van der Waals surface area contributed by atoms with Crippen LogP contribution in [0.5, 0.6) is 0 Å². The molecule has 0 spiro atoms. The molecule has 1 aromatic heterocycles. The van der Waals surface area contributed by atoms with Crippen molar-refractivity contribution in [3.05, 3.63) is 36.0 Å². The number of carbonyl (C=O) groups is 14. The fraction of sp³-hybridized carbons (Fsp3) is 0.569. The van der Waals surface area contributed by atoms with Crippen molar-refractivity contribution in [1.82, 2.24) is 52.8 Å². The molecule has 0 unspecified atom stereocenters. The van der Waals surface area contributed by atoms with Crippen molar-refractivity contribution in [2.75, 3.05) is 6.54 Å². The first-order valence-corrected chi connectivity index (χ1v) is 25.9. The smallest absolute Gasteiger partial charge is 0.326 e. The van der Waals surface area contributed by atoms with Crippen molar-refractivity contribution in [2.24, 2.45) is 35.1 Å². The van der Waals surface area contributed by atoms with Gasteiger partial charge in [0, 0.05) is 29.9 Å². The maximum Gasteiger partial charge on any atom is 0.326 e. The first-order valence-electron chi connectivity index (χ1n) is 25.9. The molecule has 0 bridgehead atoms. The number of hydrogen-bond acceptors (Lipinski definition) is 15. The Morgan fingerprint density at radius 1 is 0.519 bits per heavy atom.